The predicted molar refractivity (Wildman–Crippen MR) is 63.6 cm³/mol. The summed E-state index contributed by atoms with van der Waals surface area (Å²) in [6.45, 7) is 4.25. The Labute approximate surface area is 88.2 Å². The molecule has 0 aliphatic carbocycles. The molecule has 0 aliphatic heterocycles. The molecule has 2 N–H and O–H groups in total. The predicted octanol–water partition coefficient (Wildman–Crippen LogP) is 3.61. The van der Waals surface area contributed by atoms with Gasteiger partial charge in [-0.05, 0) is 54.1 Å². The molecule has 0 amide bonds. The number of benzene rings is 1. The number of nitrogens with two attached hydrogens (primary N) is 1. The van der Waals surface area contributed by atoms with Crippen LogP contribution in [0.15, 0.2) is 29.6 Å². The molecule has 1 aromatic heterocycles. The highest BCUT2D eigenvalue weighted by Crippen LogP contribution is 2.32. The van der Waals surface area contributed by atoms with Crippen LogP contribution in [0.25, 0.3) is 10.4 Å². The van der Waals surface area contributed by atoms with Crippen LogP contribution in [-0.2, 0) is 0 Å². The molecule has 72 valence electrons. The normalized spacial score (nSPS) is 10.4. The summed E-state index contributed by atoms with van der Waals surface area (Å²) in [5.41, 5.74) is 10.5. The van der Waals surface area contributed by atoms with Gasteiger partial charge in [-0.1, -0.05) is 6.07 Å². The number of nitrogen functional groups attached to an aromatic ring is 1. The molecule has 0 atom stereocenters. The summed E-state index contributed by atoms with van der Waals surface area (Å²) in [5, 5.41) is 2.12. The van der Waals surface area contributed by atoms with Gasteiger partial charge < -0.3 is 5.73 Å². The van der Waals surface area contributed by atoms with Crippen molar-refractivity contribution in [2.45, 2.75) is 13.8 Å². The van der Waals surface area contributed by atoms with Gasteiger partial charge in [0.2, 0.25) is 0 Å². The fourth-order valence-corrected chi connectivity index (χ4v) is 2.54. The van der Waals surface area contributed by atoms with Crippen molar-refractivity contribution in [1.29, 1.82) is 0 Å². The van der Waals surface area contributed by atoms with E-state index in [2.05, 4.69) is 31.4 Å². The number of anilines is 1. The fourth-order valence-electron chi connectivity index (χ4n) is 1.53. The van der Waals surface area contributed by atoms with Crippen molar-refractivity contribution < 1.29 is 0 Å². The third-order valence-electron chi connectivity index (χ3n) is 2.37. The van der Waals surface area contributed by atoms with E-state index in [1.807, 2.05) is 12.1 Å². The lowest BCUT2D eigenvalue weighted by molar-refractivity contribution is 1.45. The summed E-state index contributed by atoms with van der Waals surface area (Å²) in [7, 11) is 0. The zero-order valence-corrected chi connectivity index (χ0v) is 9.19. The third-order valence-corrected chi connectivity index (χ3v) is 3.42. The zero-order valence-electron chi connectivity index (χ0n) is 8.37. The molecule has 0 unspecified atom stereocenters. The van der Waals surface area contributed by atoms with E-state index in [1.165, 1.54) is 21.6 Å². The van der Waals surface area contributed by atoms with Crippen molar-refractivity contribution >= 4 is 17.0 Å². The quantitative estimate of drug-likeness (QED) is 0.704. The summed E-state index contributed by atoms with van der Waals surface area (Å²) in [6.07, 6.45) is 0. The fraction of sp³-hybridized carbons (Fsp3) is 0.167. The number of aryl methyl sites for hydroxylation is 2. The van der Waals surface area contributed by atoms with E-state index in [9.17, 15) is 0 Å². The second kappa shape index (κ2) is 3.46. The largest absolute Gasteiger partial charge is 0.399 e. The molecule has 14 heavy (non-hydrogen) atoms. The van der Waals surface area contributed by atoms with E-state index in [0.29, 0.717) is 0 Å². The Morgan fingerprint density at radius 2 is 1.86 bits per heavy atom. The molecular weight excluding hydrogens is 190 g/mol. The molecule has 2 heteroatoms. The minimum absolute atomic E-state index is 0.832. The van der Waals surface area contributed by atoms with Crippen molar-refractivity contribution in [3.05, 3.63) is 40.8 Å². The summed E-state index contributed by atoms with van der Waals surface area (Å²) in [6, 6.07) is 8.21. The molecule has 0 radical (unpaired) electrons. The van der Waals surface area contributed by atoms with Crippen LogP contribution in [0.1, 0.15) is 11.1 Å². The first-order valence-electron chi connectivity index (χ1n) is 4.59. The van der Waals surface area contributed by atoms with Gasteiger partial charge in [0.05, 0.1) is 0 Å². The third kappa shape index (κ3) is 1.53. The Hall–Kier alpha value is -1.28. The molecule has 0 aliphatic rings. The van der Waals surface area contributed by atoms with Crippen LogP contribution in [-0.4, -0.2) is 0 Å². The van der Waals surface area contributed by atoms with E-state index in [-0.39, 0.29) is 0 Å². The van der Waals surface area contributed by atoms with Crippen molar-refractivity contribution in [2.24, 2.45) is 0 Å². The van der Waals surface area contributed by atoms with E-state index < -0.39 is 0 Å². The minimum Gasteiger partial charge on any atom is -0.399 e. The van der Waals surface area contributed by atoms with Crippen LogP contribution in [0, 0.1) is 13.8 Å². The summed E-state index contributed by atoms with van der Waals surface area (Å²) in [4.78, 5) is 1.33. The lowest BCUT2D eigenvalue weighted by Gasteiger charge is -2.05. The van der Waals surface area contributed by atoms with Gasteiger partial charge >= 0.3 is 0 Å². The van der Waals surface area contributed by atoms with Crippen LogP contribution in [0.3, 0.4) is 0 Å². The van der Waals surface area contributed by atoms with Crippen LogP contribution >= 0.6 is 11.3 Å². The molecule has 0 bridgehead atoms. The Morgan fingerprint density at radius 1 is 1.07 bits per heavy atom. The van der Waals surface area contributed by atoms with Crippen molar-refractivity contribution in [3.8, 4) is 10.4 Å². The van der Waals surface area contributed by atoms with Crippen LogP contribution in [0.2, 0.25) is 0 Å². The van der Waals surface area contributed by atoms with Crippen molar-refractivity contribution in [3.63, 3.8) is 0 Å². The average molecular weight is 203 g/mol. The highest BCUT2D eigenvalue weighted by Gasteiger charge is 2.06. The maximum atomic E-state index is 5.79. The molecule has 1 nitrogen and oxygen atoms in total. The van der Waals surface area contributed by atoms with Gasteiger partial charge in [0.15, 0.2) is 0 Å². The molecule has 1 aromatic carbocycles. The Bertz CT molecular complexity index is 457. The second-order valence-electron chi connectivity index (χ2n) is 3.51. The lowest BCUT2D eigenvalue weighted by Crippen LogP contribution is -1.88. The van der Waals surface area contributed by atoms with E-state index in [0.717, 1.165) is 5.69 Å². The van der Waals surface area contributed by atoms with Crippen molar-refractivity contribution in [2.75, 3.05) is 5.73 Å². The Morgan fingerprint density at radius 3 is 2.50 bits per heavy atom. The van der Waals surface area contributed by atoms with Gasteiger partial charge in [-0.15, -0.1) is 11.3 Å². The number of thiophene rings is 1. The number of hydrogen-bond acceptors (Lipinski definition) is 2. The summed E-state index contributed by atoms with van der Waals surface area (Å²) in [5.74, 6) is 0. The molecule has 1 heterocycles. The summed E-state index contributed by atoms with van der Waals surface area (Å²) < 4.78 is 0. The Kier molecular flexibility index (Phi) is 2.30. The average Bonchev–Trinajstić information content (AvgIpc) is 2.56. The van der Waals surface area contributed by atoms with Crippen molar-refractivity contribution in [1.82, 2.24) is 0 Å². The first kappa shape index (κ1) is 9.28. The van der Waals surface area contributed by atoms with Crippen LogP contribution in [0.4, 0.5) is 5.69 Å². The van der Waals surface area contributed by atoms with Gasteiger partial charge in [-0.2, -0.15) is 0 Å². The topological polar surface area (TPSA) is 26.0 Å². The standard InChI is InChI=1S/C12H13NS/c1-8-3-4-10(13)7-11(8)12-9(2)5-6-14-12/h3-7H,13H2,1-2H3. The van der Waals surface area contributed by atoms with E-state index in [1.54, 1.807) is 11.3 Å². The Balaban J connectivity index is 2.62. The van der Waals surface area contributed by atoms with Gasteiger partial charge in [-0.3, -0.25) is 0 Å². The van der Waals surface area contributed by atoms with E-state index >= 15 is 0 Å². The van der Waals surface area contributed by atoms with E-state index in [4.69, 9.17) is 5.73 Å². The molecular formula is C12H13NS. The smallest absolute Gasteiger partial charge is 0.0375 e. The van der Waals surface area contributed by atoms with Gasteiger partial charge in [0.25, 0.3) is 0 Å². The highest BCUT2D eigenvalue weighted by atomic mass is 32.1. The monoisotopic (exact) mass is 203 g/mol. The van der Waals surface area contributed by atoms with Gasteiger partial charge in [0, 0.05) is 10.6 Å². The first-order chi connectivity index (χ1) is 6.68. The molecule has 0 saturated carbocycles. The molecule has 0 fully saturated rings. The molecule has 2 aromatic rings. The maximum Gasteiger partial charge on any atom is 0.0375 e. The molecule has 0 saturated heterocycles. The van der Waals surface area contributed by atoms with Crippen LogP contribution < -0.4 is 5.73 Å². The zero-order chi connectivity index (χ0) is 10.1. The van der Waals surface area contributed by atoms with Gasteiger partial charge in [-0.25, -0.2) is 0 Å². The second-order valence-corrected chi connectivity index (χ2v) is 4.42. The molecule has 2 rings (SSSR count). The SMILES string of the molecule is Cc1ccc(N)cc1-c1sccc1C. The number of hydrogen-bond donors (Lipinski definition) is 1. The summed E-state index contributed by atoms with van der Waals surface area (Å²) >= 11 is 1.77. The molecule has 0 spiro atoms. The van der Waals surface area contributed by atoms with Gasteiger partial charge in [0.1, 0.15) is 0 Å². The lowest BCUT2D eigenvalue weighted by atomic mass is 10.0. The number of rotatable bonds is 1. The highest BCUT2D eigenvalue weighted by molar-refractivity contribution is 7.13. The van der Waals surface area contributed by atoms with Crippen LogP contribution in [0.5, 0.6) is 0 Å². The maximum absolute atomic E-state index is 5.79. The minimum atomic E-state index is 0.832. The first-order valence-corrected chi connectivity index (χ1v) is 5.47.